The highest BCUT2D eigenvalue weighted by Gasteiger charge is 2.32. The van der Waals surface area contributed by atoms with E-state index >= 15 is 4.39 Å². The summed E-state index contributed by atoms with van der Waals surface area (Å²) in [4.78, 5) is 33.0. The second kappa shape index (κ2) is 13.8. The molecule has 2 fully saturated rings. The van der Waals surface area contributed by atoms with E-state index in [1.807, 2.05) is 48.2 Å². The van der Waals surface area contributed by atoms with Crippen LogP contribution in [-0.2, 0) is 9.53 Å². The number of hydrogen-bond donors (Lipinski definition) is 0. The molecule has 11 heteroatoms. The number of aryl methyl sites for hydroxylation is 1. The predicted octanol–water partition coefficient (Wildman–Crippen LogP) is 4.90. The van der Waals surface area contributed by atoms with Crippen LogP contribution in [0.3, 0.4) is 0 Å². The van der Waals surface area contributed by atoms with Crippen LogP contribution in [0.5, 0.6) is 6.01 Å². The molecule has 0 saturated carbocycles. The van der Waals surface area contributed by atoms with Crippen molar-refractivity contribution < 1.29 is 18.7 Å². The van der Waals surface area contributed by atoms with E-state index in [4.69, 9.17) is 14.5 Å². The Morgan fingerprint density at radius 2 is 1.98 bits per heavy atom. The summed E-state index contributed by atoms with van der Waals surface area (Å²) in [7, 11) is 3.63. The zero-order valence-corrected chi connectivity index (χ0v) is 26.4. The standard InChI is InChI=1S/C35H38FN7O3/c1-23-8-4-9-24-10-5-12-27(30(23)24)32-31(36)33-28(20-38-32)34(40-35(39-33)46-22-26-11-6-16-41(26)2)42-17-18-43(25(21-42)14-15-37)29(44)13-7-19-45-3/h4-5,7-10,12-13,20,25-26H,6,11,14,16-19,21-22H2,1-3H3/b13-7+/t25-,26-/m0/s1. The number of aromatic nitrogens is 3. The molecule has 238 valence electrons. The molecule has 0 spiro atoms. The summed E-state index contributed by atoms with van der Waals surface area (Å²) in [5.74, 6) is -0.265. The van der Waals surface area contributed by atoms with E-state index in [1.54, 1.807) is 24.3 Å². The molecule has 0 N–H and O–H groups in total. The van der Waals surface area contributed by atoms with Crippen LogP contribution in [0.25, 0.3) is 32.9 Å². The summed E-state index contributed by atoms with van der Waals surface area (Å²) in [5.41, 5.74) is 2.04. The Morgan fingerprint density at radius 3 is 2.74 bits per heavy atom. The number of rotatable bonds is 9. The van der Waals surface area contributed by atoms with Gasteiger partial charge in [0.1, 0.15) is 23.6 Å². The Morgan fingerprint density at radius 1 is 1.15 bits per heavy atom. The van der Waals surface area contributed by atoms with Crippen LogP contribution in [-0.4, -0.2) is 96.3 Å². The molecular weight excluding hydrogens is 585 g/mol. The van der Waals surface area contributed by atoms with Gasteiger partial charge in [-0.3, -0.25) is 9.78 Å². The Kier molecular flexibility index (Phi) is 9.38. The lowest BCUT2D eigenvalue weighted by Crippen LogP contribution is -2.55. The van der Waals surface area contributed by atoms with Crippen molar-refractivity contribution >= 4 is 33.4 Å². The maximum Gasteiger partial charge on any atom is 0.319 e. The highest BCUT2D eigenvalue weighted by atomic mass is 19.1. The van der Waals surface area contributed by atoms with Crippen molar-refractivity contribution in [2.75, 3.05) is 58.5 Å². The number of likely N-dealkylation sites (N-methyl/N-ethyl adjacent to an activating group) is 1. The molecule has 2 aliphatic heterocycles. The number of hydrogen-bond acceptors (Lipinski definition) is 9. The molecule has 2 aromatic heterocycles. The van der Waals surface area contributed by atoms with Crippen LogP contribution in [0.15, 0.2) is 54.7 Å². The number of carbonyl (C=O) groups is 1. The van der Waals surface area contributed by atoms with Gasteiger partial charge in [-0.1, -0.05) is 42.5 Å². The molecule has 0 unspecified atom stereocenters. The first-order chi connectivity index (χ1) is 22.4. The van der Waals surface area contributed by atoms with E-state index in [9.17, 15) is 10.1 Å². The number of anilines is 1. The second-order valence-electron chi connectivity index (χ2n) is 11.9. The maximum absolute atomic E-state index is 16.7. The third-order valence-corrected chi connectivity index (χ3v) is 9.00. The molecule has 4 aromatic rings. The Labute approximate surface area is 268 Å². The van der Waals surface area contributed by atoms with Gasteiger partial charge >= 0.3 is 6.01 Å². The number of nitrogens with zero attached hydrogens (tertiary/aromatic N) is 7. The molecule has 2 aliphatic rings. The maximum atomic E-state index is 16.7. The fourth-order valence-electron chi connectivity index (χ4n) is 6.56. The number of ether oxygens (including phenoxy) is 2. The molecule has 46 heavy (non-hydrogen) atoms. The van der Waals surface area contributed by atoms with E-state index in [-0.39, 0.29) is 35.6 Å². The van der Waals surface area contributed by atoms with E-state index in [1.165, 1.54) is 6.08 Å². The number of methoxy groups -OCH3 is 1. The van der Waals surface area contributed by atoms with Crippen LogP contribution in [0.1, 0.15) is 24.8 Å². The first-order valence-electron chi connectivity index (χ1n) is 15.7. The number of pyridine rings is 1. The lowest BCUT2D eigenvalue weighted by molar-refractivity contribution is -0.128. The van der Waals surface area contributed by atoms with Gasteiger partial charge in [0.25, 0.3) is 0 Å². The molecule has 2 saturated heterocycles. The first kappa shape index (κ1) is 31.3. The van der Waals surface area contributed by atoms with Gasteiger partial charge in [0.2, 0.25) is 5.91 Å². The lowest BCUT2D eigenvalue weighted by atomic mass is 9.97. The lowest BCUT2D eigenvalue weighted by Gasteiger charge is -2.41. The first-order valence-corrected chi connectivity index (χ1v) is 15.7. The summed E-state index contributed by atoms with van der Waals surface area (Å²) in [6.45, 7) is 4.83. The van der Waals surface area contributed by atoms with Crippen molar-refractivity contribution in [3.05, 3.63) is 66.1 Å². The van der Waals surface area contributed by atoms with Gasteiger partial charge in [-0.2, -0.15) is 15.2 Å². The van der Waals surface area contributed by atoms with Gasteiger partial charge in [0.15, 0.2) is 5.82 Å². The van der Waals surface area contributed by atoms with Crippen molar-refractivity contribution in [2.45, 2.75) is 38.3 Å². The van der Waals surface area contributed by atoms with Crippen LogP contribution in [0.4, 0.5) is 10.2 Å². The summed E-state index contributed by atoms with van der Waals surface area (Å²) in [6.07, 6.45) is 6.99. The van der Waals surface area contributed by atoms with E-state index in [2.05, 4.69) is 28.0 Å². The Balaban J connectivity index is 1.41. The fourth-order valence-corrected chi connectivity index (χ4v) is 6.56. The summed E-state index contributed by atoms with van der Waals surface area (Å²) in [5, 5.41) is 12.0. The van der Waals surface area contributed by atoms with Gasteiger partial charge in [0.05, 0.1) is 30.5 Å². The number of likely N-dealkylation sites (tertiary alicyclic amines) is 1. The fraction of sp³-hybridized carbons (Fsp3) is 0.400. The molecule has 4 heterocycles. The molecule has 6 rings (SSSR count). The summed E-state index contributed by atoms with van der Waals surface area (Å²) >= 11 is 0. The molecule has 0 aliphatic carbocycles. The largest absolute Gasteiger partial charge is 0.462 e. The smallest absolute Gasteiger partial charge is 0.319 e. The van der Waals surface area contributed by atoms with Gasteiger partial charge in [-0.15, -0.1) is 0 Å². The average Bonchev–Trinajstić information content (AvgIpc) is 3.48. The third-order valence-electron chi connectivity index (χ3n) is 9.00. The number of carbonyl (C=O) groups excluding carboxylic acids is 1. The van der Waals surface area contributed by atoms with Crippen molar-refractivity contribution in [1.82, 2.24) is 24.8 Å². The molecule has 2 atom stereocenters. The van der Waals surface area contributed by atoms with Crippen molar-refractivity contribution in [1.29, 1.82) is 5.26 Å². The van der Waals surface area contributed by atoms with Gasteiger partial charge < -0.3 is 24.2 Å². The normalized spacial score (nSPS) is 18.9. The third kappa shape index (κ3) is 6.23. The number of fused-ring (bicyclic) bond motifs is 2. The minimum absolute atomic E-state index is 0.0887. The number of amides is 1. The molecule has 0 bridgehead atoms. The monoisotopic (exact) mass is 623 g/mol. The van der Waals surface area contributed by atoms with Crippen LogP contribution >= 0.6 is 0 Å². The molecular formula is C35H38FN7O3. The van der Waals surface area contributed by atoms with Crippen LogP contribution < -0.4 is 9.64 Å². The molecule has 10 nitrogen and oxygen atoms in total. The van der Waals surface area contributed by atoms with Crippen molar-refractivity contribution in [3.63, 3.8) is 0 Å². The number of benzene rings is 2. The molecule has 0 radical (unpaired) electrons. The zero-order chi connectivity index (χ0) is 32.2. The minimum atomic E-state index is -0.551. The highest BCUT2D eigenvalue weighted by Crippen LogP contribution is 2.36. The topological polar surface area (TPSA) is 108 Å². The van der Waals surface area contributed by atoms with Gasteiger partial charge in [0, 0.05) is 50.6 Å². The second-order valence-corrected chi connectivity index (χ2v) is 11.9. The van der Waals surface area contributed by atoms with Gasteiger partial charge in [-0.05, 0) is 49.7 Å². The van der Waals surface area contributed by atoms with Crippen molar-refractivity contribution in [3.8, 4) is 23.3 Å². The number of piperazine rings is 1. The Hall–Kier alpha value is -4.66. The zero-order valence-electron chi connectivity index (χ0n) is 26.4. The Bertz CT molecular complexity index is 1820. The van der Waals surface area contributed by atoms with E-state index < -0.39 is 11.9 Å². The predicted molar refractivity (Wildman–Crippen MR) is 175 cm³/mol. The molecule has 1 amide bonds. The van der Waals surface area contributed by atoms with Crippen LogP contribution in [0.2, 0.25) is 0 Å². The summed E-state index contributed by atoms with van der Waals surface area (Å²) < 4.78 is 27.9. The number of halogens is 1. The number of nitriles is 1. The van der Waals surface area contributed by atoms with E-state index in [0.717, 1.165) is 35.7 Å². The SMILES string of the molecule is COC/C=C/C(=O)N1CCN(c2nc(OC[C@@H]3CCCN3C)nc3c(F)c(-c4cccc5cccc(C)c45)ncc23)C[C@@H]1CC#N. The minimum Gasteiger partial charge on any atom is -0.462 e. The highest BCUT2D eigenvalue weighted by molar-refractivity contribution is 6.00. The molecule has 2 aromatic carbocycles. The average molecular weight is 624 g/mol. The van der Waals surface area contributed by atoms with Crippen LogP contribution in [0, 0.1) is 24.1 Å². The van der Waals surface area contributed by atoms with E-state index in [0.29, 0.717) is 49.6 Å². The van der Waals surface area contributed by atoms with Gasteiger partial charge in [-0.25, -0.2) is 4.39 Å². The summed E-state index contributed by atoms with van der Waals surface area (Å²) in [6, 6.07) is 13.9. The quantitative estimate of drug-likeness (QED) is 0.241. The van der Waals surface area contributed by atoms with Crippen molar-refractivity contribution in [2.24, 2.45) is 0 Å².